The zero-order valence-electron chi connectivity index (χ0n) is 8.65. The fourth-order valence-corrected chi connectivity index (χ4v) is 3.67. The summed E-state index contributed by atoms with van der Waals surface area (Å²) in [5.41, 5.74) is 0. The summed E-state index contributed by atoms with van der Waals surface area (Å²) in [6.45, 7) is 9.36. The van der Waals surface area contributed by atoms with Crippen LogP contribution in [0.25, 0.3) is 0 Å². The second-order valence-corrected chi connectivity index (χ2v) is 7.14. The molecule has 0 bridgehead atoms. The summed E-state index contributed by atoms with van der Waals surface area (Å²) in [7, 11) is -0.148. The Morgan fingerprint density at radius 2 is 0.692 bits per heavy atom. The molecule has 0 fully saturated rings. The van der Waals surface area contributed by atoms with Crippen LogP contribution in [0.2, 0.25) is 0 Å². The van der Waals surface area contributed by atoms with Gasteiger partial charge in [0.25, 0.3) is 0 Å². The molecule has 0 spiro atoms. The van der Waals surface area contributed by atoms with Crippen molar-refractivity contribution >= 4 is 10.0 Å². The summed E-state index contributed by atoms with van der Waals surface area (Å²) in [4.78, 5) is 0. The smallest absolute Gasteiger partial charge is 0 e. The van der Waals surface area contributed by atoms with Crippen LogP contribution in [0, 0.1) is 0 Å². The van der Waals surface area contributed by atoms with E-state index in [9.17, 15) is 0 Å². The molecule has 0 aliphatic carbocycles. The standard InChI is InChI=1S/C8H20S.4Fe/c1-5-9(6-2,7-3)8-4;;;;/h5-8H2,1-4H3;;;;. The van der Waals surface area contributed by atoms with Gasteiger partial charge in [-0.1, -0.05) is 27.7 Å². The van der Waals surface area contributed by atoms with E-state index in [4.69, 9.17) is 0 Å². The Hall–Kier alpha value is 2.43. The third kappa shape index (κ3) is 10.7. The molecule has 90 valence electrons. The van der Waals surface area contributed by atoms with Gasteiger partial charge in [-0.3, -0.25) is 0 Å². The summed E-state index contributed by atoms with van der Waals surface area (Å²) in [6.07, 6.45) is 0. The first kappa shape index (κ1) is 29.5. The maximum atomic E-state index is 2.34. The first-order valence-corrected chi connectivity index (χ1v) is 6.29. The Morgan fingerprint density at radius 3 is 0.692 bits per heavy atom. The average Bonchev–Trinajstić information content (AvgIpc) is 1.95. The van der Waals surface area contributed by atoms with Crippen LogP contribution >= 0.6 is 10.0 Å². The van der Waals surface area contributed by atoms with Crippen LogP contribution in [0.3, 0.4) is 0 Å². The second kappa shape index (κ2) is 16.8. The summed E-state index contributed by atoms with van der Waals surface area (Å²) < 4.78 is 0. The molecule has 0 amide bonds. The molecule has 0 saturated heterocycles. The predicted octanol–water partition coefficient (Wildman–Crippen LogP) is 2.86. The van der Waals surface area contributed by atoms with Gasteiger partial charge in [-0.15, -0.1) is 0 Å². The molecule has 0 rings (SSSR count). The molecule has 0 unspecified atom stereocenters. The van der Waals surface area contributed by atoms with Crippen molar-refractivity contribution in [3.63, 3.8) is 0 Å². The van der Waals surface area contributed by atoms with Crippen molar-refractivity contribution in [1.82, 2.24) is 0 Å². The van der Waals surface area contributed by atoms with Gasteiger partial charge in [-0.2, -0.15) is 0 Å². The van der Waals surface area contributed by atoms with Crippen LogP contribution in [-0.4, -0.2) is 23.0 Å². The zero-order valence-corrected chi connectivity index (χ0v) is 13.9. The minimum Gasteiger partial charge on any atom is -0.242 e. The molecule has 0 saturated carbocycles. The Morgan fingerprint density at radius 1 is 0.538 bits per heavy atom. The van der Waals surface area contributed by atoms with Gasteiger partial charge in [-0.05, 0) is 23.0 Å². The van der Waals surface area contributed by atoms with E-state index in [-0.39, 0.29) is 78.3 Å². The molecule has 0 atom stereocenters. The van der Waals surface area contributed by atoms with Crippen molar-refractivity contribution in [2.24, 2.45) is 0 Å². The van der Waals surface area contributed by atoms with E-state index in [1.54, 1.807) is 0 Å². The Balaban J connectivity index is -0.0000000533. The van der Waals surface area contributed by atoms with Gasteiger partial charge in [0.15, 0.2) is 0 Å². The Bertz CT molecular complexity index is 59.0. The summed E-state index contributed by atoms with van der Waals surface area (Å²) in [6, 6.07) is 0. The molecule has 0 aliphatic heterocycles. The van der Waals surface area contributed by atoms with Crippen LogP contribution in [0.5, 0.6) is 0 Å². The third-order valence-electron chi connectivity index (χ3n) is 2.45. The van der Waals surface area contributed by atoms with E-state index in [1.807, 2.05) is 0 Å². The number of hydrogen-bond donors (Lipinski definition) is 0. The SMILES string of the molecule is CCS(CC)(CC)CC.[Fe].[Fe].[Fe].[Fe]. The van der Waals surface area contributed by atoms with Crippen LogP contribution in [0.15, 0.2) is 0 Å². The van der Waals surface area contributed by atoms with Gasteiger partial charge in [-0.25, -0.2) is 10.0 Å². The van der Waals surface area contributed by atoms with Crippen molar-refractivity contribution < 1.29 is 68.3 Å². The van der Waals surface area contributed by atoms with E-state index in [0.29, 0.717) is 0 Å². The largest absolute Gasteiger partial charge is 0.242 e. The van der Waals surface area contributed by atoms with Crippen molar-refractivity contribution in [3.8, 4) is 0 Å². The van der Waals surface area contributed by atoms with Gasteiger partial charge in [0.1, 0.15) is 0 Å². The average molecular weight is 372 g/mol. The summed E-state index contributed by atoms with van der Waals surface area (Å²) >= 11 is 0. The molecule has 0 heterocycles. The van der Waals surface area contributed by atoms with Crippen LogP contribution < -0.4 is 0 Å². The van der Waals surface area contributed by atoms with E-state index in [2.05, 4.69) is 27.7 Å². The van der Waals surface area contributed by atoms with Crippen LogP contribution in [-0.2, 0) is 68.3 Å². The summed E-state index contributed by atoms with van der Waals surface area (Å²) in [5, 5.41) is 0. The van der Waals surface area contributed by atoms with Crippen molar-refractivity contribution in [2.45, 2.75) is 27.7 Å². The predicted molar refractivity (Wildman–Crippen MR) is 49.8 cm³/mol. The van der Waals surface area contributed by atoms with Gasteiger partial charge in [0.05, 0.1) is 0 Å². The first-order valence-electron chi connectivity index (χ1n) is 3.98. The van der Waals surface area contributed by atoms with Gasteiger partial charge in [0, 0.05) is 68.3 Å². The molecule has 0 radical (unpaired) electrons. The molecular weight excluding hydrogens is 352 g/mol. The minimum absolute atomic E-state index is 0. The zero-order chi connectivity index (χ0) is 7.33. The van der Waals surface area contributed by atoms with E-state index >= 15 is 0 Å². The Kier molecular flexibility index (Phi) is 38.3. The van der Waals surface area contributed by atoms with E-state index in [1.165, 1.54) is 23.0 Å². The molecule has 0 N–H and O–H groups in total. The fraction of sp³-hybridized carbons (Fsp3) is 1.00. The number of rotatable bonds is 4. The molecular formula is C8H20Fe4S. The van der Waals surface area contributed by atoms with Crippen molar-refractivity contribution in [3.05, 3.63) is 0 Å². The second-order valence-electron chi connectivity index (χ2n) is 2.38. The van der Waals surface area contributed by atoms with Crippen molar-refractivity contribution in [2.75, 3.05) is 23.0 Å². The monoisotopic (exact) mass is 372 g/mol. The fourth-order valence-electron chi connectivity index (χ4n) is 1.22. The van der Waals surface area contributed by atoms with E-state index < -0.39 is 0 Å². The van der Waals surface area contributed by atoms with E-state index in [0.717, 1.165) is 0 Å². The molecule has 0 aromatic rings. The number of hydrogen-bond acceptors (Lipinski definition) is 0. The van der Waals surface area contributed by atoms with Crippen molar-refractivity contribution in [1.29, 1.82) is 0 Å². The first-order chi connectivity index (χ1) is 4.24. The van der Waals surface area contributed by atoms with Gasteiger partial charge >= 0.3 is 0 Å². The molecule has 0 nitrogen and oxygen atoms in total. The quantitative estimate of drug-likeness (QED) is 0.667. The van der Waals surface area contributed by atoms with Gasteiger partial charge < -0.3 is 0 Å². The normalized spacial score (nSPS) is 9.54. The maximum Gasteiger partial charge on any atom is 0 e. The molecule has 0 aromatic carbocycles. The Labute approximate surface area is 128 Å². The molecule has 0 aliphatic rings. The molecule has 0 aromatic heterocycles. The van der Waals surface area contributed by atoms with Crippen LogP contribution in [0.1, 0.15) is 27.7 Å². The topological polar surface area (TPSA) is 0 Å². The van der Waals surface area contributed by atoms with Gasteiger partial charge in [0.2, 0.25) is 0 Å². The molecule has 5 heteroatoms. The maximum absolute atomic E-state index is 2.34. The molecule has 13 heavy (non-hydrogen) atoms. The van der Waals surface area contributed by atoms with Crippen LogP contribution in [0.4, 0.5) is 0 Å². The third-order valence-corrected chi connectivity index (χ3v) is 7.35. The summed E-state index contributed by atoms with van der Waals surface area (Å²) in [5.74, 6) is 5.71. The minimum atomic E-state index is -0.148.